The Morgan fingerprint density at radius 3 is 2.83 bits per heavy atom. The van der Waals surface area contributed by atoms with Crippen molar-refractivity contribution in [2.75, 3.05) is 20.3 Å². The van der Waals surface area contributed by atoms with E-state index in [1.54, 1.807) is 7.11 Å². The van der Waals surface area contributed by atoms with E-state index in [9.17, 15) is 4.79 Å². The molecule has 18 heavy (non-hydrogen) atoms. The van der Waals surface area contributed by atoms with E-state index in [0.717, 1.165) is 28.6 Å². The van der Waals surface area contributed by atoms with E-state index >= 15 is 0 Å². The molecule has 0 atom stereocenters. The van der Waals surface area contributed by atoms with Crippen molar-refractivity contribution in [3.63, 3.8) is 0 Å². The van der Waals surface area contributed by atoms with Crippen LogP contribution in [0.15, 0.2) is 22.7 Å². The molecule has 1 saturated heterocycles. The highest BCUT2D eigenvalue weighted by atomic mass is 79.9. The second-order valence-corrected chi connectivity index (χ2v) is 5.34. The lowest BCUT2D eigenvalue weighted by atomic mass is 9.91. The topological polar surface area (TPSA) is 35.5 Å². The Hall–Kier alpha value is -0.870. The summed E-state index contributed by atoms with van der Waals surface area (Å²) in [6.07, 6.45) is 2.16. The molecular weight excluding hydrogens is 296 g/mol. The fourth-order valence-electron chi connectivity index (χ4n) is 2.17. The SMILES string of the molecule is COc1ccc(Br)c(CC(=O)C2CCOCC2)c1. The molecule has 2 rings (SSSR count). The summed E-state index contributed by atoms with van der Waals surface area (Å²) >= 11 is 3.48. The maximum absolute atomic E-state index is 12.2. The van der Waals surface area contributed by atoms with Gasteiger partial charge in [0.05, 0.1) is 7.11 Å². The molecule has 0 aromatic heterocycles. The summed E-state index contributed by atoms with van der Waals surface area (Å²) in [5, 5.41) is 0. The molecule has 1 fully saturated rings. The van der Waals surface area contributed by atoms with Gasteiger partial charge in [0.2, 0.25) is 0 Å². The lowest BCUT2D eigenvalue weighted by Crippen LogP contribution is -2.24. The fraction of sp³-hybridized carbons (Fsp3) is 0.500. The van der Waals surface area contributed by atoms with Gasteiger partial charge in [-0.05, 0) is 36.6 Å². The number of ether oxygens (including phenoxy) is 2. The third-order valence-electron chi connectivity index (χ3n) is 3.29. The third-order valence-corrected chi connectivity index (χ3v) is 4.07. The first-order valence-electron chi connectivity index (χ1n) is 6.13. The Bertz CT molecular complexity index is 425. The van der Waals surface area contributed by atoms with Gasteiger partial charge in [0.1, 0.15) is 11.5 Å². The molecule has 0 bridgehead atoms. The number of carbonyl (C=O) groups excluding carboxylic acids is 1. The van der Waals surface area contributed by atoms with E-state index in [2.05, 4.69) is 15.9 Å². The lowest BCUT2D eigenvalue weighted by Gasteiger charge is -2.21. The molecule has 0 radical (unpaired) electrons. The summed E-state index contributed by atoms with van der Waals surface area (Å²) in [5.74, 6) is 1.23. The molecular formula is C14H17BrO3. The highest BCUT2D eigenvalue weighted by Crippen LogP contribution is 2.25. The quantitative estimate of drug-likeness (QED) is 0.857. The van der Waals surface area contributed by atoms with Gasteiger partial charge in [-0.1, -0.05) is 15.9 Å². The van der Waals surface area contributed by atoms with Gasteiger partial charge in [0, 0.05) is 30.0 Å². The molecule has 0 saturated carbocycles. The van der Waals surface area contributed by atoms with Crippen molar-refractivity contribution in [2.45, 2.75) is 19.3 Å². The second-order valence-electron chi connectivity index (χ2n) is 4.49. The smallest absolute Gasteiger partial charge is 0.140 e. The van der Waals surface area contributed by atoms with Crippen molar-refractivity contribution in [3.8, 4) is 5.75 Å². The summed E-state index contributed by atoms with van der Waals surface area (Å²) in [6.45, 7) is 1.41. The van der Waals surface area contributed by atoms with Gasteiger partial charge in [-0.25, -0.2) is 0 Å². The molecule has 1 aliphatic rings. The molecule has 4 heteroatoms. The van der Waals surface area contributed by atoms with Gasteiger partial charge >= 0.3 is 0 Å². The van der Waals surface area contributed by atoms with E-state index in [1.807, 2.05) is 18.2 Å². The Labute approximate surface area is 116 Å². The number of Topliss-reactive ketones (excluding diaryl/α,β-unsaturated/α-hetero) is 1. The second kappa shape index (κ2) is 6.34. The minimum Gasteiger partial charge on any atom is -0.497 e. The van der Waals surface area contributed by atoms with Crippen molar-refractivity contribution in [1.82, 2.24) is 0 Å². The molecule has 1 aromatic rings. The van der Waals surface area contributed by atoms with E-state index in [0.29, 0.717) is 25.4 Å². The monoisotopic (exact) mass is 312 g/mol. The molecule has 3 nitrogen and oxygen atoms in total. The molecule has 0 N–H and O–H groups in total. The van der Waals surface area contributed by atoms with Crippen LogP contribution >= 0.6 is 15.9 Å². The predicted octanol–water partition coefficient (Wildman–Crippen LogP) is 3.00. The Kier molecular flexibility index (Phi) is 4.78. The van der Waals surface area contributed by atoms with Crippen LogP contribution in [0.2, 0.25) is 0 Å². The van der Waals surface area contributed by atoms with Crippen molar-refractivity contribution in [1.29, 1.82) is 0 Å². The van der Waals surface area contributed by atoms with E-state index in [4.69, 9.17) is 9.47 Å². The molecule has 1 aliphatic heterocycles. The van der Waals surface area contributed by atoms with Gasteiger partial charge in [0.15, 0.2) is 0 Å². The van der Waals surface area contributed by atoms with Gasteiger partial charge in [-0.15, -0.1) is 0 Å². The maximum Gasteiger partial charge on any atom is 0.140 e. The summed E-state index contributed by atoms with van der Waals surface area (Å²) in [5.41, 5.74) is 0.992. The summed E-state index contributed by atoms with van der Waals surface area (Å²) in [4.78, 5) is 12.2. The molecule has 0 aliphatic carbocycles. The van der Waals surface area contributed by atoms with Gasteiger partial charge in [0.25, 0.3) is 0 Å². The standard InChI is InChI=1S/C14H17BrO3/c1-17-12-2-3-13(15)11(8-12)9-14(16)10-4-6-18-7-5-10/h2-3,8,10H,4-7,9H2,1H3. The summed E-state index contributed by atoms with van der Waals surface area (Å²) in [7, 11) is 1.63. The molecule has 98 valence electrons. The van der Waals surface area contributed by atoms with E-state index in [-0.39, 0.29) is 5.92 Å². The molecule has 1 heterocycles. The number of benzene rings is 1. The summed E-state index contributed by atoms with van der Waals surface area (Å²) < 4.78 is 11.4. The first-order chi connectivity index (χ1) is 8.70. The zero-order valence-corrected chi connectivity index (χ0v) is 12.0. The molecule has 0 unspecified atom stereocenters. The molecule has 0 spiro atoms. The van der Waals surface area contributed by atoms with Crippen LogP contribution in [0.25, 0.3) is 0 Å². The number of rotatable bonds is 4. The van der Waals surface area contributed by atoms with Crippen LogP contribution < -0.4 is 4.74 Å². The van der Waals surface area contributed by atoms with E-state index in [1.165, 1.54) is 0 Å². The Balaban J connectivity index is 2.05. The number of ketones is 1. The predicted molar refractivity (Wildman–Crippen MR) is 72.9 cm³/mol. The summed E-state index contributed by atoms with van der Waals surface area (Å²) in [6, 6.07) is 5.72. The highest BCUT2D eigenvalue weighted by Gasteiger charge is 2.22. The van der Waals surface area contributed by atoms with Crippen LogP contribution in [-0.2, 0) is 16.0 Å². The number of hydrogen-bond acceptors (Lipinski definition) is 3. The van der Waals surface area contributed by atoms with Gasteiger partial charge in [-0.3, -0.25) is 4.79 Å². The van der Waals surface area contributed by atoms with Crippen molar-refractivity contribution >= 4 is 21.7 Å². The van der Waals surface area contributed by atoms with E-state index < -0.39 is 0 Å². The first kappa shape index (κ1) is 13.6. The minimum atomic E-state index is 0.150. The molecule has 0 amide bonds. The number of halogens is 1. The van der Waals surface area contributed by atoms with Crippen LogP contribution in [0.1, 0.15) is 18.4 Å². The first-order valence-corrected chi connectivity index (χ1v) is 6.93. The fourth-order valence-corrected chi connectivity index (χ4v) is 2.55. The van der Waals surface area contributed by atoms with Crippen LogP contribution in [0.5, 0.6) is 5.75 Å². The van der Waals surface area contributed by atoms with Gasteiger partial charge in [-0.2, -0.15) is 0 Å². The van der Waals surface area contributed by atoms with Crippen LogP contribution in [-0.4, -0.2) is 26.1 Å². The zero-order valence-electron chi connectivity index (χ0n) is 10.4. The van der Waals surface area contributed by atoms with Crippen molar-refractivity contribution in [2.24, 2.45) is 5.92 Å². The van der Waals surface area contributed by atoms with Crippen LogP contribution in [0, 0.1) is 5.92 Å². The van der Waals surface area contributed by atoms with Crippen molar-refractivity contribution < 1.29 is 14.3 Å². The maximum atomic E-state index is 12.2. The number of carbonyl (C=O) groups is 1. The Morgan fingerprint density at radius 2 is 2.17 bits per heavy atom. The average Bonchev–Trinajstić information content (AvgIpc) is 2.42. The van der Waals surface area contributed by atoms with Crippen molar-refractivity contribution in [3.05, 3.63) is 28.2 Å². The third kappa shape index (κ3) is 3.33. The highest BCUT2D eigenvalue weighted by molar-refractivity contribution is 9.10. The van der Waals surface area contributed by atoms with Gasteiger partial charge < -0.3 is 9.47 Å². The van der Waals surface area contributed by atoms with Crippen LogP contribution in [0.4, 0.5) is 0 Å². The zero-order chi connectivity index (χ0) is 13.0. The minimum absolute atomic E-state index is 0.150. The number of hydrogen-bond donors (Lipinski definition) is 0. The normalized spacial score (nSPS) is 16.6. The average molecular weight is 313 g/mol. The lowest BCUT2D eigenvalue weighted by molar-refractivity contribution is -0.125. The van der Waals surface area contributed by atoms with Crippen LogP contribution in [0.3, 0.4) is 0 Å². The molecule has 1 aromatic carbocycles. The Morgan fingerprint density at radius 1 is 1.44 bits per heavy atom. The largest absolute Gasteiger partial charge is 0.497 e. The number of methoxy groups -OCH3 is 1.